The van der Waals surface area contributed by atoms with Crippen molar-refractivity contribution in [3.8, 4) is 0 Å². The molecule has 0 saturated carbocycles. The molecule has 2 nitrogen and oxygen atoms in total. The molecule has 0 spiro atoms. The van der Waals surface area contributed by atoms with Crippen LogP contribution in [0.2, 0.25) is 0 Å². The smallest absolute Gasteiger partial charge is 0.0231 e. The SMILES string of the molecule is CC1CN(CC2=CCCC=C2)CCN1. The average molecular weight is 192 g/mol. The maximum Gasteiger partial charge on any atom is 0.0231 e. The summed E-state index contributed by atoms with van der Waals surface area (Å²) in [5.74, 6) is 0. The van der Waals surface area contributed by atoms with Gasteiger partial charge in [0.15, 0.2) is 0 Å². The predicted octanol–water partition coefficient (Wildman–Crippen LogP) is 1.56. The Hall–Kier alpha value is -0.600. The van der Waals surface area contributed by atoms with Gasteiger partial charge in [-0.3, -0.25) is 4.90 Å². The Balaban J connectivity index is 1.84. The first-order valence-electron chi connectivity index (χ1n) is 5.66. The topological polar surface area (TPSA) is 15.3 Å². The van der Waals surface area contributed by atoms with Crippen molar-refractivity contribution in [1.82, 2.24) is 10.2 Å². The summed E-state index contributed by atoms with van der Waals surface area (Å²) in [7, 11) is 0. The van der Waals surface area contributed by atoms with E-state index < -0.39 is 0 Å². The third-order valence-electron chi connectivity index (χ3n) is 2.93. The standard InChI is InChI=1S/C12H20N2/c1-11-9-14(8-7-13-11)10-12-5-3-2-4-6-12/h3,5-6,11,13H,2,4,7-10H2,1H3. The van der Waals surface area contributed by atoms with Crippen molar-refractivity contribution in [1.29, 1.82) is 0 Å². The Morgan fingerprint density at radius 3 is 3.14 bits per heavy atom. The van der Waals surface area contributed by atoms with Gasteiger partial charge in [0.2, 0.25) is 0 Å². The van der Waals surface area contributed by atoms with Gasteiger partial charge < -0.3 is 5.32 Å². The summed E-state index contributed by atoms with van der Waals surface area (Å²) >= 11 is 0. The van der Waals surface area contributed by atoms with E-state index in [0.29, 0.717) is 6.04 Å². The van der Waals surface area contributed by atoms with Crippen LogP contribution >= 0.6 is 0 Å². The van der Waals surface area contributed by atoms with Crippen LogP contribution in [0.5, 0.6) is 0 Å². The van der Waals surface area contributed by atoms with Crippen molar-refractivity contribution in [2.24, 2.45) is 0 Å². The number of hydrogen-bond donors (Lipinski definition) is 1. The molecule has 0 aromatic rings. The van der Waals surface area contributed by atoms with Crippen LogP contribution in [0.1, 0.15) is 19.8 Å². The van der Waals surface area contributed by atoms with E-state index in [1.54, 1.807) is 0 Å². The number of piperazine rings is 1. The minimum atomic E-state index is 0.650. The fourth-order valence-corrected chi connectivity index (χ4v) is 2.20. The molecule has 1 heterocycles. The van der Waals surface area contributed by atoms with E-state index in [-0.39, 0.29) is 0 Å². The van der Waals surface area contributed by atoms with Crippen molar-refractivity contribution in [2.75, 3.05) is 26.2 Å². The first-order valence-corrected chi connectivity index (χ1v) is 5.66. The molecule has 2 heteroatoms. The van der Waals surface area contributed by atoms with Crippen LogP contribution in [0.4, 0.5) is 0 Å². The minimum Gasteiger partial charge on any atom is -0.312 e. The van der Waals surface area contributed by atoms with Crippen molar-refractivity contribution in [2.45, 2.75) is 25.8 Å². The summed E-state index contributed by atoms with van der Waals surface area (Å²) < 4.78 is 0. The second-order valence-corrected chi connectivity index (χ2v) is 4.35. The Labute approximate surface area is 86.7 Å². The lowest BCUT2D eigenvalue weighted by Crippen LogP contribution is -2.49. The third kappa shape index (κ3) is 2.69. The van der Waals surface area contributed by atoms with Crippen molar-refractivity contribution < 1.29 is 0 Å². The van der Waals surface area contributed by atoms with E-state index in [0.717, 1.165) is 13.1 Å². The number of rotatable bonds is 2. The fraction of sp³-hybridized carbons (Fsp3) is 0.667. The molecule has 78 valence electrons. The Morgan fingerprint density at radius 2 is 2.43 bits per heavy atom. The van der Waals surface area contributed by atoms with E-state index in [2.05, 4.69) is 35.4 Å². The molecule has 0 aromatic heterocycles. The first kappa shape index (κ1) is 9.94. The lowest BCUT2D eigenvalue weighted by molar-refractivity contribution is 0.223. The summed E-state index contributed by atoms with van der Waals surface area (Å²) in [5, 5.41) is 3.47. The van der Waals surface area contributed by atoms with E-state index >= 15 is 0 Å². The van der Waals surface area contributed by atoms with Gasteiger partial charge in [0.25, 0.3) is 0 Å². The monoisotopic (exact) mass is 192 g/mol. The molecule has 2 rings (SSSR count). The van der Waals surface area contributed by atoms with Gasteiger partial charge in [-0.2, -0.15) is 0 Å². The van der Waals surface area contributed by atoms with Crippen molar-refractivity contribution in [3.05, 3.63) is 23.8 Å². The number of nitrogens with zero attached hydrogens (tertiary/aromatic N) is 1. The molecule has 2 aliphatic rings. The molecular formula is C12H20N2. The van der Waals surface area contributed by atoms with Gasteiger partial charge in [-0.25, -0.2) is 0 Å². The second kappa shape index (κ2) is 4.76. The Morgan fingerprint density at radius 1 is 1.50 bits per heavy atom. The highest BCUT2D eigenvalue weighted by Crippen LogP contribution is 2.12. The first-order chi connectivity index (χ1) is 6.84. The Bertz CT molecular complexity index is 243. The van der Waals surface area contributed by atoms with Crippen LogP contribution in [0.15, 0.2) is 23.8 Å². The molecule has 1 aliphatic carbocycles. The summed E-state index contributed by atoms with van der Waals surface area (Å²) in [6.45, 7) is 6.92. The van der Waals surface area contributed by atoms with E-state index in [1.165, 1.54) is 31.5 Å². The molecule has 14 heavy (non-hydrogen) atoms. The molecule has 1 unspecified atom stereocenters. The predicted molar refractivity (Wildman–Crippen MR) is 60.4 cm³/mol. The van der Waals surface area contributed by atoms with E-state index in [1.807, 2.05) is 0 Å². The maximum atomic E-state index is 3.47. The molecule has 0 bridgehead atoms. The lowest BCUT2D eigenvalue weighted by atomic mass is 10.1. The largest absolute Gasteiger partial charge is 0.312 e. The summed E-state index contributed by atoms with van der Waals surface area (Å²) in [4.78, 5) is 2.54. The molecular weight excluding hydrogens is 172 g/mol. The molecule has 0 amide bonds. The van der Waals surface area contributed by atoms with Gasteiger partial charge in [-0.05, 0) is 25.3 Å². The maximum absolute atomic E-state index is 3.47. The van der Waals surface area contributed by atoms with E-state index in [4.69, 9.17) is 0 Å². The molecule has 1 aliphatic heterocycles. The van der Waals surface area contributed by atoms with Crippen LogP contribution in [-0.4, -0.2) is 37.1 Å². The molecule has 1 saturated heterocycles. The second-order valence-electron chi connectivity index (χ2n) is 4.35. The van der Waals surface area contributed by atoms with Crippen LogP contribution < -0.4 is 5.32 Å². The van der Waals surface area contributed by atoms with Crippen LogP contribution in [-0.2, 0) is 0 Å². The minimum absolute atomic E-state index is 0.650. The van der Waals surface area contributed by atoms with Gasteiger partial charge in [0, 0.05) is 32.2 Å². The number of nitrogens with one attached hydrogen (secondary N) is 1. The van der Waals surface area contributed by atoms with Gasteiger partial charge >= 0.3 is 0 Å². The van der Waals surface area contributed by atoms with Crippen molar-refractivity contribution >= 4 is 0 Å². The van der Waals surface area contributed by atoms with E-state index in [9.17, 15) is 0 Å². The van der Waals surface area contributed by atoms with Gasteiger partial charge in [0.05, 0.1) is 0 Å². The van der Waals surface area contributed by atoms with Gasteiger partial charge in [-0.1, -0.05) is 18.2 Å². The molecule has 0 radical (unpaired) electrons. The highest BCUT2D eigenvalue weighted by Gasteiger charge is 2.15. The number of allylic oxidation sites excluding steroid dienone is 2. The van der Waals surface area contributed by atoms with Crippen LogP contribution in [0.25, 0.3) is 0 Å². The highest BCUT2D eigenvalue weighted by molar-refractivity contribution is 5.23. The summed E-state index contributed by atoms with van der Waals surface area (Å²) in [5.41, 5.74) is 1.50. The average Bonchev–Trinajstić information content (AvgIpc) is 2.19. The highest BCUT2D eigenvalue weighted by atomic mass is 15.2. The zero-order valence-corrected chi connectivity index (χ0v) is 9.00. The van der Waals surface area contributed by atoms with Crippen LogP contribution in [0.3, 0.4) is 0 Å². The zero-order valence-electron chi connectivity index (χ0n) is 9.00. The van der Waals surface area contributed by atoms with Gasteiger partial charge in [0.1, 0.15) is 0 Å². The summed E-state index contributed by atoms with van der Waals surface area (Å²) in [6, 6.07) is 0.650. The fourth-order valence-electron chi connectivity index (χ4n) is 2.20. The Kier molecular flexibility index (Phi) is 3.38. The molecule has 0 aromatic carbocycles. The molecule has 1 atom stereocenters. The van der Waals surface area contributed by atoms with Crippen LogP contribution in [0, 0.1) is 0 Å². The lowest BCUT2D eigenvalue weighted by Gasteiger charge is -2.32. The van der Waals surface area contributed by atoms with Crippen molar-refractivity contribution in [3.63, 3.8) is 0 Å². The number of hydrogen-bond acceptors (Lipinski definition) is 2. The summed E-state index contributed by atoms with van der Waals surface area (Å²) in [6.07, 6.45) is 9.42. The molecule has 1 N–H and O–H groups in total. The quantitative estimate of drug-likeness (QED) is 0.714. The zero-order chi connectivity index (χ0) is 9.80. The molecule has 1 fully saturated rings. The third-order valence-corrected chi connectivity index (χ3v) is 2.93. The normalized spacial score (nSPS) is 28.9. The van der Waals surface area contributed by atoms with Gasteiger partial charge in [-0.15, -0.1) is 0 Å².